The Morgan fingerprint density at radius 3 is 2.31 bits per heavy atom. The van der Waals surface area contributed by atoms with Gasteiger partial charge in [0.25, 0.3) is 15.9 Å². The molecule has 0 saturated carbocycles. The van der Waals surface area contributed by atoms with Gasteiger partial charge in [0, 0.05) is 18.2 Å². The Hall–Kier alpha value is -3.52. The molecule has 3 rings (SSSR count). The zero-order valence-corrected chi connectivity index (χ0v) is 19.2. The number of benzene rings is 3. The maximum atomic E-state index is 13.1. The van der Waals surface area contributed by atoms with Crippen molar-refractivity contribution in [3.63, 3.8) is 0 Å². The molecular weight excluding hydrogens is 428 g/mol. The molecule has 0 aliphatic heterocycles. The highest BCUT2D eigenvalue weighted by molar-refractivity contribution is 7.92. The van der Waals surface area contributed by atoms with Crippen LogP contribution in [0.25, 0.3) is 0 Å². The highest BCUT2D eigenvalue weighted by Crippen LogP contribution is 2.29. The molecule has 3 aromatic carbocycles. The molecule has 32 heavy (non-hydrogen) atoms. The number of para-hydroxylation sites is 1. The summed E-state index contributed by atoms with van der Waals surface area (Å²) >= 11 is 0. The molecule has 0 heterocycles. The van der Waals surface area contributed by atoms with E-state index < -0.39 is 22.0 Å². The molecule has 1 amide bonds. The summed E-state index contributed by atoms with van der Waals surface area (Å²) in [7, 11) is 0.765. The van der Waals surface area contributed by atoms with Crippen molar-refractivity contribution in [2.75, 3.05) is 25.6 Å². The van der Waals surface area contributed by atoms with Crippen molar-refractivity contribution in [2.24, 2.45) is 0 Å². The number of nitrogens with zero attached hydrogens (tertiary/aromatic N) is 1. The Morgan fingerprint density at radius 1 is 0.938 bits per heavy atom. The first kappa shape index (κ1) is 23.1. The first-order valence-corrected chi connectivity index (χ1v) is 11.4. The van der Waals surface area contributed by atoms with Crippen molar-refractivity contribution >= 4 is 21.6 Å². The average Bonchev–Trinajstić information content (AvgIpc) is 2.83. The number of ether oxygens (including phenoxy) is 2. The van der Waals surface area contributed by atoms with E-state index in [9.17, 15) is 13.2 Å². The molecule has 1 N–H and O–H groups in total. The van der Waals surface area contributed by atoms with Crippen LogP contribution in [0, 0.1) is 0 Å². The van der Waals surface area contributed by atoms with E-state index in [1.54, 1.807) is 68.8 Å². The highest BCUT2D eigenvalue weighted by atomic mass is 32.2. The van der Waals surface area contributed by atoms with Crippen LogP contribution in [0.1, 0.15) is 28.9 Å². The van der Waals surface area contributed by atoms with Crippen LogP contribution in [0.2, 0.25) is 0 Å². The third kappa shape index (κ3) is 4.86. The molecule has 0 aliphatic carbocycles. The lowest BCUT2D eigenvalue weighted by atomic mass is 10.1. The number of hydrogen-bond donors (Lipinski definition) is 1. The van der Waals surface area contributed by atoms with Crippen LogP contribution in [-0.4, -0.2) is 35.6 Å². The third-order valence-electron chi connectivity index (χ3n) is 5.13. The van der Waals surface area contributed by atoms with Crippen molar-refractivity contribution < 1.29 is 22.7 Å². The molecule has 0 fully saturated rings. The summed E-state index contributed by atoms with van der Waals surface area (Å²) in [5.74, 6) is 0.847. The molecule has 3 aromatic rings. The SMILES string of the molecule is COc1ccc(OC)c(C(C)NC(=O)c2cccc(S(=O)(=O)N(C)c3ccccc3)c2)c1. The molecule has 1 atom stereocenters. The average molecular weight is 455 g/mol. The van der Waals surface area contributed by atoms with Crippen molar-refractivity contribution in [3.8, 4) is 11.5 Å². The number of anilines is 1. The second kappa shape index (κ2) is 9.74. The first-order chi connectivity index (χ1) is 15.3. The van der Waals surface area contributed by atoms with Gasteiger partial charge in [0.15, 0.2) is 0 Å². The van der Waals surface area contributed by atoms with Crippen LogP contribution < -0.4 is 19.1 Å². The summed E-state index contributed by atoms with van der Waals surface area (Å²) in [6.45, 7) is 1.82. The molecule has 0 bridgehead atoms. The van der Waals surface area contributed by atoms with Gasteiger partial charge < -0.3 is 14.8 Å². The summed E-state index contributed by atoms with van der Waals surface area (Å²) in [5.41, 5.74) is 1.51. The van der Waals surface area contributed by atoms with Gasteiger partial charge in [-0.05, 0) is 55.5 Å². The third-order valence-corrected chi connectivity index (χ3v) is 6.91. The zero-order valence-electron chi connectivity index (χ0n) is 18.4. The number of sulfonamides is 1. The fraction of sp³-hybridized carbons (Fsp3) is 0.208. The van der Waals surface area contributed by atoms with E-state index in [1.807, 2.05) is 13.0 Å². The molecular formula is C24H26N2O5S. The second-order valence-electron chi connectivity index (χ2n) is 7.14. The number of rotatable bonds is 8. The van der Waals surface area contributed by atoms with Crippen molar-refractivity contribution in [1.29, 1.82) is 0 Å². The van der Waals surface area contributed by atoms with E-state index in [1.165, 1.54) is 23.5 Å². The van der Waals surface area contributed by atoms with Crippen LogP contribution >= 0.6 is 0 Å². The van der Waals surface area contributed by atoms with Crippen LogP contribution in [0.4, 0.5) is 5.69 Å². The quantitative estimate of drug-likeness (QED) is 0.556. The molecule has 0 saturated heterocycles. The van der Waals surface area contributed by atoms with Gasteiger partial charge in [0.05, 0.1) is 30.8 Å². The normalized spacial score (nSPS) is 12.0. The molecule has 1 unspecified atom stereocenters. The summed E-state index contributed by atoms with van der Waals surface area (Å²) in [6.07, 6.45) is 0. The predicted octanol–water partition coefficient (Wildman–Crippen LogP) is 4.02. The fourth-order valence-electron chi connectivity index (χ4n) is 3.27. The lowest BCUT2D eigenvalue weighted by Gasteiger charge is -2.20. The minimum atomic E-state index is -3.83. The maximum Gasteiger partial charge on any atom is 0.264 e. The Labute approximate surface area is 188 Å². The zero-order chi connectivity index (χ0) is 23.3. The Balaban J connectivity index is 1.84. The van der Waals surface area contributed by atoms with Gasteiger partial charge >= 0.3 is 0 Å². The minimum Gasteiger partial charge on any atom is -0.497 e. The van der Waals surface area contributed by atoms with E-state index in [4.69, 9.17) is 9.47 Å². The fourth-order valence-corrected chi connectivity index (χ4v) is 4.51. The van der Waals surface area contributed by atoms with Gasteiger partial charge in [0.2, 0.25) is 0 Å². The Bertz CT molecular complexity index is 1200. The Morgan fingerprint density at radius 2 is 1.66 bits per heavy atom. The number of carbonyl (C=O) groups is 1. The molecule has 0 aromatic heterocycles. The van der Waals surface area contributed by atoms with Crippen LogP contribution in [0.5, 0.6) is 11.5 Å². The number of methoxy groups -OCH3 is 2. The molecule has 168 valence electrons. The molecule has 0 radical (unpaired) electrons. The van der Waals surface area contributed by atoms with Crippen LogP contribution in [0.3, 0.4) is 0 Å². The number of carbonyl (C=O) groups excluding carboxylic acids is 1. The molecule has 0 aliphatic rings. The van der Waals surface area contributed by atoms with Gasteiger partial charge in [-0.25, -0.2) is 8.42 Å². The Kier molecular flexibility index (Phi) is 7.05. The van der Waals surface area contributed by atoms with Crippen molar-refractivity contribution in [1.82, 2.24) is 5.32 Å². The lowest BCUT2D eigenvalue weighted by molar-refractivity contribution is 0.0939. The van der Waals surface area contributed by atoms with Gasteiger partial charge in [-0.1, -0.05) is 24.3 Å². The number of amides is 1. The minimum absolute atomic E-state index is 0.0307. The number of hydrogen-bond acceptors (Lipinski definition) is 5. The summed E-state index contributed by atoms with van der Waals surface area (Å²) in [4.78, 5) is 12.9. The predicted molar refractivity (Wildman–Crippen MR) is 124 cm³/mol. The van der Waals surface area contributed by atoms with E-state index in [0.717, 1.165) is 5.56 Å². The van der Waals surface area contributed by atoms with Crippen LogP contribution in [-0.2, 0) is 10.0 Å². The standard InChI is InChI=1S/C24H26N2O5S/c1-17(22-16-20(30-3)13-14-23(22)31-4)25-24(27)18-9-8-12-21(15-18)32(28,29)26(2)19-10-6-5-7-11-19/h5-17H,1-4H3,(H,25,27). The van der Waals surface area contributed by atoms with Crippen molar-refractivity contribution in [3.05, 3.63) is 83.9 Å². The molecule has 8 heteroatoms. The second-order valence-corrected chi connectivity index (χ2v) is 9.11. The van der Waals surface area contributed by atoms with Crippen molar-refractivity contribution in [2.45, 2.75) is 17.9 Å². The number of nitrogens with one attached hydrogen (secondary N) is 1. The summed E-state index contributed by atoms with van der Waals surface area (Å²) in [5, 5.41) is 2.90. The van der Waals surface area contributed by atoms with E-state index in [2.05, 4.69) is 5.32 Å². The van der Waals surface area contributed by atoms with Gasteiger partial charge in [-0.2, -0.15) is 0 Å². The summed E-state index contributed by atoms with van der Waals surface area (Å²) < 4.78 is 38.0. The van der Waals surface area contributed by atoms with E-state index >= 15 is 0 Å². The largest absolute Gasteiger partial charge is 0.497 e. The van der Waals surface area contributed by atoms with Gasteiger partial charge in [0.1, 0.15) is 11.5 Å². The smallest absolute Gasteiger partial charge is 0.264 e. The monoisotopic (exact) mass is 454 g/mol. The highest BCUT2D eigenvalue weighted by Gasteiger charge is 2.23. The maximum absolute atomic E-state index is 13.1. The van der Waals surface area contributed by atoms with Crippen LogP contribution in [0.15, 0.2) is 77.7 Å². The molecule has 7 nitrogen and oxygen atoms in total. The molecule has 0 spiro atoms. The van der Waals surface area contributed by atoms with Gasteiger partial charge in [-0.15, -0.1) is 0 Å². The summed E-state index contributed by atoms with van der Waals surface area (Å²) in [6, 6.07) is 19.7. The van der Waals surface area contributed by atoms with Gasteiger partial charge in [-0.3, -0.25) is 9.10 Å². The lowest BCUT2D eigenvalue weighted by Crippen LogP contribution is -2.28. The van der Waals surface area contributed by atoms with E-state index in [0.29, 0.717) is 17.2 Å². The first-order valence-electron chi connectivity index (χ1n) is 9.94. The topological polar surface area (TPSA) is 84.9 Å². The van der Waals surface area contributed by atoms with E-state index in [-0.39, 0.29) is 10.5 Å².